The number of benzene rings is 1. The monoisotopic (exact) mass is 394 g/mol. The van der Waals surface area contributed by atoms with E-state index in [0.29, 0.717) is 30.3 Å². The largest absolute Gasteiger partial charge is 0.420 e. The Kier molecular flexibility index (Phi) is 4.63. The van der Waals surface area contributed by atoms with E-state index in [-0.39, 0.29) is 29.3 Å². The smallest absolute Gasteiger partial charge is 0.271 e. The van der Waals surface area contributed by atoms with Crippen LogP contribution in [0.5, 0.6) is 0 Å². The Morgan fingerprint density at radius 2 is 1.97 bits per heavy atom. The van der Waals surface area contributed by atoms with E-state index in [1.165, 1.54) is 0 Å². The highest BCUT2D eigenvalue weighted by Crippen LogP contribution is 2.34. The number of aromatic amines is 1. The molecule has 2 aliphatic heterocycles. The average molecular weight is 394 g/mol. The summed E-state index contributed by atoms with van der Waals surface area (Å²) in [5, 5.41) is 9.68. The molecule has 29 heavy (non-hydrogen) atoms. The first-order chi connectivity index (χ1) is 14.2. The molecule has 8 heteroatoms. The van der Waals surface area contributed by atoms with Crippen molar-refractivity contribution < 1.29 is 13.9 Å². The standard InChI is InChI=1S/C21H22N4O4/c26-18-14-7-2-1-6-13(14)12-15(22-18)21(27)25-10-4-3-8-16(25)19-23-24-20(29-19)17-9-5-11-28-17/h1-2,6-7,12,16-17H,3-5,8-11H2,(H,22,26)/t16?,17-/m1/s1. The van der Waals surface area contributed by atoms with Gasteiger partial charge in [-0.25, -0.2) is 0 Å². The molecule has 0 spiro atoms. The first-order valence-corrected chi connectivity index (χ1v) is 10.1. The van der Waals surface area contributed by atoms with E-state index in [9.17, 15) is 9.59 Å². The third-order valence-electron chi connectivity index (χ3n) is 5.69. The van der Waals surface area contributed by atoms with Gasteiger partial charge in [-0.3, -0.25) is 9.59 Å². The zero-order chi connectivity index (χ0) is 19.8. The summed E-state index contributed by atoms with van der Waals surface area (Å²) in [4.78, 5) is 30.2. The molecule has 2 aromatic heterocycles. The summed E-state index contributed by atoms with van der Waals surface area (Å²) < 4.78 is 11.5. The number of piperidine rings is 1. The summed E-state index contributed by atoms with van der Waals surface area (Å²) in [6.07, 6.45) is 4.31. The minimum atomic E-state index is -0.297. The Morgan fingerprint density at radius 1 is 1.10 bits per heavy atom. The molecule has 0 saturated carbocycles. The molecular formula is C21H22N4O4. The third kappa shape index (κ3) is 3.33. The number of nitrogens with zero attached hydrogens (tertiary/aromatic N) is 3. The second kappa shape index (κ2) is 7.44. The van der Waals surface area contributed by atoms with Crippen LogP contribution in [0.3, 0.4) is 0 Å². The van der Waals surface area contributed by atoms with Gasteiger partial charge in [0.25, 0.3) is 11.5 Å². The number of fused-ring (bicyclic) bond motifs is 1. The molecule has 1 aromatic carbocycles. The summed E-state index contributed by atoms with van der Waals surface area (Å²) in [5.41, 5.74) is 0.0120. The van der Waals surface area contributed by atoms with Crippen molar-refractivity contribution >= 4 is 16.7 Å². The fourth-order valence-electron chi connectivity index (χ4n) is 4.20. The maximum atomic E-state index is 13.3. The number of nitrogens with one attached hydrogen (secondary N) is 1. The molecule has 0 aliphatic carbocycles. The van der Waals surface area contributed by atoms with Crippen molar-refractivity contribution in [3.8, 4) is 0 Å². The molecule has 1 unspecified atom stereocenters. The van der Waals surface area contributed by atoms with Crippen LogP contribution in [0.15, 0.2) is 39.5 Å². The van der Waals surface area contributed by atoms with Gasteiger partial charge in [-0.2, -0.15) is 0 Å². The van der Waals surface area contributed by atoms with E-state index < -0.39 is 0 Å². The first-order valence-electron chi connectivity index (χ1n) is 10.1. The second-order valence-electron chi connectivity index (χ2n) is 7.59. The van der Waals surface area contributed by atoms with E-state index in [1.54, 1.807) is 23.1 Å². The van der Waals surface area contributed by atoms with Gasteiger partial charge in [0, 0.05) is 18.5 Å². The molecule has 0 bridgehead atoms. The zero-order valence-electron chi connectivity index (χ0n) is 16.0. The van der Waals surface area contributed by atoms with Gasteiger partial charge in [0.05, 0.1) is 0 Å². The molecule has 4 heterocycles. The molecule has 2 saturated heterocycles. The van der Waals surface area contributed by atoms with E-state index >= 15 is 0 Å². The highest BCUT2D eigenvalue weighted by Gasteiger charge is 2.34. The molecule has 0 radical (unpaired) electrons. The number of rotatable bonds is 3. The lowest BCUT2D eigenvalue weighted by Gasteiger charge is -2.33. The van der Waals surface area contributed by atoms with Gasteiger partial charge >= 0.3 is 0 Å². The molecule has 8 nitrogen and oxygen atoms in total. The molecule has 2 fully saturated rings. The van der Waals surface area contributed by atoms with Gasteiger partial charge in [0.15, 0.2) is 0 Å². The minimum Gasteiger partial charge on any atom is -0.420 e. The number of H-pyrrole nitrogens is 1. The number of amides is 1. The van der Waals surface area contributed by atoms with Crippen molar-refractivity contribution in [3.63, 3.8) is 0 Å². The molecular weight excluding hydrogens is 372 g/mol. The second-order valence-corrected chi connectivity index (χ2v) is 7.59. The summed E-state index contributed by atoms with van der Waals surface area (Å²) >= 11 is 0. The van der Waals surface area contributed by atoms with Crippen molar-refractivity contribution in [1.82, 2.24) is 20.1 Å². The number of ether oxygens (including phenoxy) is 1. The Balaban J connectivity index is 1.45. The number of hydrogen-bond donors (Lipinski definition) is 1. The topological polar surface area (TPSA) is 101 Å². The van der Waals surface area contributed by atoms with Crippen LogP contribution in [-0.4, -0.2) is 39.1 Å². The Bertz CT molecular complexity index is 1100. The van der Waals surface area contributed by atoms with Crippen LogP contribution in [-0.2, 0) is 4.74 Å². The highest BCUT2D eigenvalue weighted by atomic mass is 16.5. The van der Waals surface area contributed by atoms with Crippen molar-refractivity contribution in [1.29, 1.82) is 0 Å². The quantitative estimate of drug-likeness (QED) is 0.732. The van der Waals surface area contributed by atoms with E-state index in [4.69, 9.17) is 9.15 Å². The van der Waals surface area contributed by atoms with Crippen LogP contribution in [0.25, 0.3) is 10.8 Å². The van der Waals surface area contributed by atoms with Crippen molar-refractivity contribution in [2.45, 2.75) is 44.2 Å². The van der Waals surface area contributed by atoms with E-state index in [0.717, 1.165) is 37.5 Å². The molecule has 1 amide bonds. The number of carbonyl (C=O) groups is 1. The fourth-order valence-corrected chi connectivity index (χ4v) is 4.20. The number of hydrogen-bond acceptors (Lipinski definition) is 6. The van der Waals surface area contributed by atoms with Gasteiger partial charge in [-0.15, -0.1) is 10.2 Å². The van der Waals surface area contributed by atoms with Crippen molar-refractivity contribution in [2.24, 2.45) is 0 Å². The molecule has 5 rings (SSSR count). The first kappa shape index (κ1) is 18.1. The zero-order valence-corrected chi connectivity index (χ0v) is 16.0. The molecule has 150 valence electrons. The van der Waals surface area contributed by atoms with Crippen LogP contribution in [0.1, 0.15) is 66.5 Å². The van der Waals surface area contributed by atoms with Gasteiger partial charge in [-0.1, -0.05) is 18.2 Å². The SMILES string of the molecule is O=C(c1cc2ccccc2c(=O)[nH]1)N1CCCCC1c1nnc([C@H]2CCCO2)o1. The summed E-state index contributed by atoms with van der Waals surface area (Å²) in [5.74, 6) is 0.690. The number of likely N-dealkylation sites (tertiary alicyclic amines) is 1. The van der Waals surface area contributed by atoms with Crippen LogP contribution in [0, 0.1) is 0 Å². The lowest BCUT2D eigenvalue weighted by atomic mass is 10.0. The normalized spacial score (nSPS) is 22.3. The van der Waals surface area contributed by atoms with Gasteiger partial charge in [-0.05, 0) is 49.6 Å². The predicted molar refractivity (Wildman–Crippen MR) is 104 cm³/mol. The lowest BCUT2D eigenvalue weighted by molar-refractivity contribution is 0.0544. The third-order valence-corrected chi connectivity index (χ3v) is 5.69. The van der Waals surface area contributed by atoms with Gasteiger partial charge in [0.2, 0.25) is 11.8 Å². The Hall–Kier alpha value is -3.00. The maximum absolute atomic E-state index is 13.3. The molecule has 3 aromatic rings. The average Bonchev–Trinajstić information content (AvgIpc) is 3.45. The van der Waals surface area contributed by atoms with Crippen molar-refractivity contribution in [2.75, 3.05) is 13.2 Å². The lowest BCUT2D eigenvalue weighted by Crippen LogP contribution is -2.39. The number of carbonyl (C=O) groups excluding carboxylic acids is 1. The van der Waals surface area contributed by atoms with Gasteiger partial charge in [0.1, 0.15) is 17.8 Å². The maximum Gasteiger partial charge on any atom is 0.271 e. The van der Waals surface area contributed by atoms with Crippen LogP contribution < -0.4 is 5.56 Å². The Labute approximate surface area is 166 Å². The van der Waals surface area contributed by atoms with Crippen LogP contribution in [0.2, 0.25) is 0 Å². The van der Waals surface area contributed by atoms with E-state index in [2.05, 4.69) is 15.2 Å². The number of pyridine rings is 1. The van der Waals surface area contributed by atoms with Crippen LogP contribution in [0.4, 0.5) is 0 Å². The minimum absolute atomic E-state index is 0.152. The predicted octanol–water partition coefficient (Wildman–Crippen LogP) is 3.13. The molecule has 1 N–H and O–H groups in total. The molecule has 2 aliphatic rings. The van der Waals surface area contributed by atoms with Crippen LogP contribution >= 0.6 is 0 Å². The van der Waals surface area contributed by atoms with E-state index in [1.807, 2.05) is 12.1 Å². The Morgan fingerprint density at radius 3 is 2.83 bits per heavy atom. The summed E-state index contributed by atoms with van der Waals surface area (Å²) in [6.45, 7) is 1.28. The summed E-state index contributed by atoms with van der Waals surface area (Å²) in [7, 11) is 0. The molecule has 2 atom stereocenters. The van der Waals surface area contributed by atoms with Gasteiger partial charge < -0.3 is 19.0 Å². The summed E-state index contributed by atoms with van der Waals surface area (Å²) in [6, 6.07) is 8.68. The highest BCUT2D eigenvalue weighted by molar-refractivity contribution is 5.96. The van der Waals surface area contributed by atoms with Crippen molar-refractivity contribution in [3.05, 3.63) is 58.2 Å². The fraction of sp³-hybridized carbons (Fsp3) is 0.429. The number of aromatic nitrogens is 3.